The summed E-state index contributed by atoms with van der Waals surface area (Å²) in [5.74, 6) is 1.76. The van der Waals surface area contributed by atoms with Crippen molar-refractivity contribution in [1.29, 1.82) is 0 Å². The van der Waals surface area contributed by atoms with Crippen LogP contribution in [0.15, 0.2) is 24.3 Å². The number of hydrogen-bond acceptors (Lipinski definition) is 3. The number of methoxy groups -OCH3 is 1. The lowest BCUT2D eigenvalue weighted by Gasteiger charge is -2.20. The highest BCUT2D eigenvalue weighted by Crippen LogP contribution is 2.41. The van der Waals surface area contributed by atoms with Gasteiger partial charge in [0.1, 0.15) is 5.75 Å². The molecule has 1 aromatic carbocycles. The summed E-state index contributed by atoms with van der Waals surface area (Å²) >= 11 is 0. The van der Waals surface area contributed by atoms with Crippen molar-refractivity contribution in [3.63, 3.8) is 0 Å². The van der Waals surface area contributed by atoms with Gasteiger partial charge in [-0.1, -0.05) is 12.1 Å². The van der Waals surface area contributed by atoms with E-state index in [0.717, 1.165) is 43.4 Å². The normalized spacial score (nSPS) is 25.0. The molecule has 1 aromatic rings. The zero-order chi connectivity index (χ0) is 16.2. The molecule has 5 heteroatoms. The van der Waals surface area contributed by atoms with Crippen molar-refractivity contribution in [2.24, 2.45) is 11.8 Å². The molecule has 23 heavy (non-hydrogen) atoms. The molecule has 2 amide bonds. The largest absolute Gasteiger partial charge is 0.497 e. The SMILES string of the molecule is COc1ccc(C(NC(=O)NCC2CCC(O)C2)C2CC2)cc1. The molecule has 2 aliphatic carbocycles. The van der Waals surface area contributed by atoms with E-state index >= 15 is 0 Å². The van der Waals surface area contributed by atoms with Crippen molar-refractivity contribution in [2.45, 2.75) is 44.2 Å². The second-order valence-corrected chi connectivity index (χ2v) is 6.78. The summed E-state index contributed by atoms with van der Waals surface area (Å²) in [6.07, 6.45) is 4.77. The molecule has 5 nitrogen and oxygen atoms in total. The molecule has 2 saturated carbocycles. The van der Waals surface area contributed by atoms with Crippen molar-refractivity contribution in [2.75, 3.05) is 13.7 Å². The monoisotopic (exact) mass is 318 g/mol. The van der Waals surface area contributed by atoms with Crippen molar-refractivity contribution in [1.82, 2.24) is 10.6 Å². The number of aliphatic hydroxyl groups is 1. The van der Waals surface area contributed by atoms with E-state index in [-0.39, 0.29) is 18.2 Å². The molecule has 3 atom stereocenters. The Balaban J connectivity index is 1.53. The second-order valence-electron chi connectivity index (χ2n) is 6.78. The van der Waals surface area contributed by atoms with Crippen LogP contribution in [0, 0.1) is 11.8 Å². The molecule has 0 saturated heterocycles. The van der Waals surface area contributed by atoms with Crippen LogP contribution in [0.5, 0.6) is 5.75 Å². The van der Waals surface area contributed by atoms with E-state index in [4.69, 9.17) is 4.74 Å². The number of nitrogens with one attached hydrogen (secondary N) is 2. The first-order chi connectivity index (χ1) is 11.2. The molecular formula is C18H26N2O3. The molecule has 3 rings (SSSR count). The fourth-order valence-corrected chi connectivity index (χ4v) is 3.38. The van der Waals surface area contributed by atoms with E-state index in [9.17, 15) is 9.90 Å². The van der Waals surface area contributed by atoms with Crippen molar-refractivity contribution in [3.8, 4) is 5.75 Å². The maximum absolute atomic E-state index is 12.2. The molecule has 0 heterocycles. The number of amides is 2. The Hall–Kier alpha value is -1.75. The van der Waals surface area contributed by atoms with Crippen LogP contribution in [0.3, 0.4) is 0 Å². The van der Waals surface area contributed by atoms with Gasteiger partial charge in [0.05, 0.1) is 19.3 Å². The van der Waals surface area contributed by atoms with Crippen molar-refractivity contribution < 1.29 is 14.6 Å². The highest BCUT2D eigenvalue weighted by molar-refractivity contribution is 5.74. The van der Waals surface area contributed by atoms with Gasteiger partial charge in [-0.2, -0.15) is 0 Å². The minimum atomic E-state index is -0.191. The molecular weight excluding hydrogens is 292 g/mol. The van der Waals surface area contributed by atoms with Crippen molar-refractivity contribution >= 4 is 6.03 Å². The minimum Gasteiger partial charge on any atom is -0.497 e. The Morgan fingerprint density at radius 2 is 2.00 bits per heavy atom. The molecule has 0 radical (unpaired) electrons. The van der Waals surface area contributed by atoms with E-state index in [2.05, 4.69) is 10.6 Å². The zero-order valence-electron chi connectivity index (χ0n) is 13.6. The highest BCUT2D eigenvalue weighted by atomic mass is 16.5. The van der Waals surface area contributed by atoms with E-state index < -0.39 is 0 Å². The Bertz CT molecular complexity index is 528. The Labute approximate surface area is 137 Å². The Kier molecular flexibility index (Phi) is 5.06. The summed E-state index contributed by atoms with van der Waals surface area (Å²) in [5, 5.41) is 15.6. The van der Waals surface area contributed by atoms with Gasteiger partial charge in [-0.25, -0.2) is 4.79 Å². The number of ether oxygens (including phenoxy) is 1. The van der Waals surface area contributed by atoms with Crippen LogP contribution in [0.4, 0.5) is 4.79 Å². The quantitative estimate of drug-likeness (QED) is 0.755. The zero-order valence-corrected chi connectivity index (χ0v) is 13.6. The fraction of sp³-hybridized carbons (Fsp3) is 0.611. The molecule has 2 aliphatic rings. The molecule has 126 valence electrons. The number of benzene rings is 1. The lowest BCUT2D eigenvalue weighted by Crippen LogP contribution is -2.40. The predicted molar refractivity (Wildman–Crippen MR) is 88.3 cm³/mol. The average Bonchev–Trinajstić information content (AvgIpc) is 3.32. The van der Waals surface area contributed by atoms with E-state index in [0.29, 0.717) is 18.4 Å². The topological polar surface area (TPSA) is 70.6 Å². The van der Waals surface area contributed by atoms with E-state index in [1.807, 2.05) is 24.3 Å². The van der Waals surface area contributed by atoms with Crippen LogP contribution < -0.4 is 15.4 Å². The first-order valence-corrected chi connectivity index (χ1v) is 8.52. The maximum Gasteiger partial charge on any atom is 0.315 e. The van der Waals surface area contributed by atoms with Gasteiger partial charge in [-0.3, -0.25) is 0 Å². The van der Waals surface area contributed by atoms with Gasteiger partial charge in [0, 0.05) is 6.54 Å². The average molecular weight is 318 g/mol. The van der Waals surface area contributed by atoms with Crippen LogP contribution in [0.25, 0.3) is 0 Å². The molecule has 3 N–H and O–H groups in total. The fourth-order valence-electron chi connectivity index (χ4n) is 3.38. The van der Waals surface area contributed by atoms with Gasteiger partial charge in [0.15, 0.2) is 0 Å². The van der Waals surface area contributed by atoms with Crippen LogP contribution in [-0.4, -0.2) is 30.9 Å². The Morgan fingerprint density at radius 1 is 1.26 bits per heavy atom. The summed E-state index contributed by atoms with van der Waals surface area (Å²) in [6, 6.07) is 7.87. The third-order valence-corrected chi connectivity index (χ3v) is 4.92. The standard InChI is InChI=1S/C18H26N2O3/c1-23-16-8-5-14(6-9-16)17(13-3-4-13)20-18(22)19-11-12-2-7-15(21)10-12/h5-6,8-9,12-13,15,17,21H,2-4,7,10-11H2,1H3,(H2,19,20,22). The molecule has 0 spiro atoms. The summed E-state index contributed by atoms with van der Waals surface area (Å²) in [4.78, 5) is 12.2. The van der Waals surface area contributed by atoms with Gasteiger partial charge in [-0.05, 0) is 61.6 Å². The third-order valence-electron chi connectivity index (χ3n) is 4.92. The number of carbonyl (C=O) groups is 1. The lowest BCUT2D eigenvalue weighted by molar-refractivity contribution is 0.177. The number of hydrogen-bond donors (Lipinski definition) is 3. The van der Waals surface area contributed by atoms with Crippen molar-refractivity contribution in [3.05, 3.63) is 29.8 Å². The summed E-state index contributed by atoms with van der Waals surface area (Å²) in [5.41, 5.74) is 1.12. The third kappa shape index (κ3) is 4.38. The number of rotatable bonds is 6. The Morgan fingerprint density at radius 3 is 2.57 bits per heavy atom. The van der Waals surface area contributed by atoms with Gasteiger partial charge in [-0.15, -0.1) is 0 Å². The molecule has 0 bridgehead atoms. The first kappa shape index (κ1) is 16.1. The number of aliphatic hydroxyl groups excluding tert-OH is 1. The summed E-state index contributed by atoms with van der Waals surface area (Å²) < 4.78 is 5.19. The highest BCUT2D eigenvalue weighted by Gasteiger charge is 2.33. The van der Waals surface area contributed by atoms with Gasteiger partial charge in [0.2, 0.25) is 0 Å². The van der Waals surface area contributed by atoms with E-state index in [1.165, 1.54) is 0 Å². The molecule has 2 fully saturated rings. The second kappa shape index (κ2) is 7.21. The van der Waals surface area contributed by atoms with Gasteiger partial charge < -0.3 is 20.5 Å². The van der Waals surface area contributed by atoms with Gasteiger partial charge >= 0.3 is 6.03 Å². The predicted octanol–water partition coefficient (Wildman–Crippen LogP) is 2.61. The number of carbonyl (C=O) groups excluding carboxylic acids is 1. The molecule has 3 unspecified atom stereocenters. The van der Waals surface area contributed by atoms with Crippen LogP contribution in [0.1, 0.15) is 43.7 Å². The first-order valence-electron chi connectivity index (χ1n) is 8.52. The van der Waals surface area contributed by atoms with Crippen LogP contribution in [-0.2, 0) is 0 Å². The summed E-state index contributed by atoms with van der Waals surface area (Å²) in [6.45, 7) is 0.642. The van der Waals surface area contributed by atoms with Crippen LogP contribution >= 0.6 is 0 Å². The van der Waals surface area contributed by atoms with Gasteiger partial charge in [0.25, 0.3) is 0 Å². The summed E-state index contributed by atoms with van der Waals surface area (Å²) in [7, 11) is 1.65. The maximum atomic E-state index is 12.2. The minimum absolute atomic E-state index is 0.0649. The lowest BCUT2D eigenvalue weighted by atomic mass is 10.0. The molecule has 0 aliphatic heterocycles. The number of urea groups is 1. The smallest absolute Gasteiger partial charge is 0.315 e. The molecule has 0 aromatic heterocycles. The van der Waals surface area contributed by atoms with Crippen LogP contribution in [0.2, 0.25) is 0 Å². The van der Waals surface area contributed by atoms with E-state index in [1.54, 1.807) is 7.11 Å².